The van der Waals surface area contributed by atoms with Gasteiger partial charge in [-0.05, 0) is 48.9 Å². The van der Waals surface area contributed by atoms with Crippen molar-refractivity contribution in [2.75, 3.05) is 6.61 Å². The highest BCUT2D eigenvalue weighted by atomic mass is 16.6. The molecule has 4 atom stereocenters. The number of rotatable bonds is 17. The Morgan fingerprint density at radius 1 is 0.875 bits per heavy atom. The van der Waals surface area contributed by atoms with Crippen LogP contribution in [0.2, 0.25) is 0 Å². The Morgan fingerprint density at radius 3 is 2.19 bits per heavy atom. The van der Waals surface area contributed by atoms with Gasteiger partial charge in [0.1, 0.15) is 12.2 Å². The Bertz CT molecular complexity index is 1750. The molecule has 0 unspecified atom stereocenters. The lowest BCUT2D eigenvalue weighted by atomic mass is 9.88. The molecule has 0 spiro atoms. The monoisotopic (exact) mass is 653 g/mol. The summed E-state index contributed by atoms with van der Waals surface area (Å²) in [6, 6.07) is 23.7. The number of benzene rings is 3. The number of carboxylic acid groups (broad SMARTS) is 1. The third-order valence-electron chi connectivity index (χ3n) is 8.51. The average molecular weight is 654 g/mol. The standard InChI is InChI=1S/C37H39N3O8/c1-37(23-48-37)34(44)31(18-24-10-4-2-5-11-24)39-35(45)26(19-27-21-38-29-15-9-8-14-28(27)29)20-32(41)30(16-17-33(42)43)40-36(46)47-22-25-12-6-3-7-13-25/h2-15,21,26,30-31,38H,16-20,22-23H2,1H3,(H,39,45)(H,40,46)(H,42,43)/t26-,30+,31+,37-/m1/s1. The van der Waals surface area contributed by atoms with Gasteiger partial charge in [0.25, 0.3) is 0 Å². The molecule has 4 N–H and O–H groups in total. The predicted molar refractivity (Wildman–Crippen MR) is 177 cm³/mol. The van der Waals surface area contributed by atoms with Crippen LogP contribution in [0.15, 0.2) is 91.1 Å². The lowest BCUT2D eigenvalue weighted by Crippen LogP contribution is -2.50. The first kappa shape index (κ1) is 34.1. The van der Waals surface area contributed by atoms with Crippen molar-refractivity contribution in [3.05, 3.63) is 108 Å². The zero-order valence-corrected chi connectivity index (χ0v) is 26.6. The number of epoxide rings is 1. The van der Waals surface area contributed by atoms with Crippen molar-refractivity contribution in [3.8, 4) is 0 Å². The number of aliphatic carboxylic acids is 1. The predicted octanol–water partition coefficient (Wildman–Crippen LogP) is 4.53. The minimum Gasteiger partial charge on any atom is -0.481 e. The van der Waals surface area contributed by atoms with Gasteiger partial charge in [-0.25, -0.2) is 4.79 Å². The summed E-state index contributed by atoms with van der Waals surface area (Å²) in [5, 5.41) is 15.7. The molecule has 0 radical (unpaired) electrons. The van der Waals surface area contributed by atoms with E-state index in [1.807, 2.05) is 60.7 Å². The smallest absolute Gasteiger partial charge is 0.408 e. The van der Waals surface area contributed by atoms with Crippen molar-refractivity contribution in [1.82, 2.24) is 15.6 Å². The summed E-state index contributed by atoms with van der Waals surface area (Å²) in [4.78, 5) is 68.8. The van der Waals surface area contributed by atoms with Gasteiger partial charge in [0.2, 0.25) is 5.91 Å². The maximum absolute atomic E-state index is 14.1. The summed E-state index contributed by atoms with van der Waals surface area (Å²) in [5.74, 6) is -3.41. The summed E-state index contributed by atoms with van der Waals surface area (Å²) >= 11 is 0. The van der Waals surface area contributed by atoms with Crippen molar-refractivity contribution >= 4 is 40.4 Å². The Hall–Kier alpha value is -5.29. The van der Waals surface area contributed by atoms with E-state index in [1.165, 1.54) is 0 Å². The summed E-state index contributed by atoms with van der Waals surface area (Å²) in [6.45, 7) is 1.89. The second-order valence-electron chi connectivity index (χ2n) is 12.3. The number of carboxylic acids is 1. The Kier molecular flexibility index (Phi) is 11.0. The van der Waals surface area contributed by atoms with E-state index in [2.05, 4.69) is 15.6 Å². The van der Waals surface area contributed by atoms with Gasteiger partial charge >= 0.3 is 12.1 Å². The van der Waals surface area contributed by atoms with Gasteiger partial charge in [0.15, 0.2) is 11.6 Å². The molecule has 0 saturated carbocycles. The van der Waals surface area contributed by atoms with Crippen LogP contribution in [-0.2, 0) is 48.1 Å². The fourth-order valence-corrected chi connectivity index (χ4v) is 5.66. The Labute approximate surface area is 278 Å². The van der Waals surface area contributed by atoms with Crippen LogP contribution in [0.1, 0.15) is 42.9 Å². The van der Waals surface area contributed by atoms with E-state index in [4.69, 9.17) is 9.47 Å². The number of para-hydroxylation sites is 1. The highest BCUT2D eigenvalue weighted by Gasteiger charge is 2.50. The van der Waals surface area contributed by atoms with E-state index in [1.54, 1.807) is 37.4 Å². The van der Waals surface area contributed by atoms with Crippen molar-refractivity contribution in [3.63, 3.8) is 0 Å². The number of fused-ring (bicyclic) bond motifs is 1. The highest BCUT2D eigenvalue weighted by Crippen LogP contribution is 2.30. The van der Waals surface area contributed by atoms with E-state index >= 15 is 0 Å². The van der Waals surface area contributed by atoms with E-state index in [0.717, 1.165) is 27.6 Å². The first-order valence-electron chi connectivity index (χ1n) is 15.9. The van der Waals surface area contributed by atoms with Gasteiger partial charge in [0, 0.05) is 35.9 Å². The summed E-state index contributed by atoms with van der Waals surface area (Å²) < 4.78 is 10.7. The van der Waals surface area contributed by atoms with Crippen LogP contribution >= 0.6 is 0 Å². The Balaban J connectivity index is 1.36. The number of Topliss-reactive ketones (excluding diaryl/α,β-unsaturated/α-hetero) is 2. The zero-order valence-electron chi connectivity index (χ0n) is 26.6. The van der Waals surface area contributed by atoms with Crippen LogP contribution in [0.5, 0.6) is 0 Å². The molecule has 250 valence electrons. The second kappa shape index (κ2) is 15.5. The second-order valence-corrected chi connectivity index (χ2v) is 12.3. The van der Waals surface area contributed by atoms with Crippen LogP contribution < -0.4 is 10.6 Å². The molecule has 1 saturated heterocycles. The van der Waals surface area contributed by atoms with Crippen LogP contribution in [0.25, 0.3) is 10.9 Å². The molecule has 1 aliphatic rings. The zero-order chi connectivity index (χ0) is 34.1. The molecule has 4 aromatic rings. The number of alkyl carbamates (subject to hydrolysis) is 1. The lowest BCUT2D eigenvalue weighted by Gasteiger charge is -2.24. The minimum atomic E-state index is -1.22. The number of ether oxygens (including phenoxy) is 2. The molecular weight excluding hydrogens is 614 g/mol. The fourth-order valence-electron chi connectivity index (χ4n) is 5.66. The van der Waals surface area contributed by atoms with Gasteiger partial charge in [0.05, 0.1) is 18.7 Å². The molecular formula is C37H39N3O8. The summed E-state index contributed by atoms with van der Waals surface area (Å²) in [6.07, 6.45) is 0.366. The topological polar surface area (TPSA) is 167 Å². The maximum atomic E-state index is 14.1. The fraction of sp³-hybridized carbons (Fsp3) is 0.324. The normalized spacial score (nSPS) is 17.1. The molecule has 3 aromatic carbocycles. The number of ketones is 2. The van der Waals surface area contributed by atoms with Crippen molar-refractivity contribution in [2.24, 2.45) is 5.92 Å². The Morgan fingerprint density at radius 2 is 1.52 bits per heavy atom. The molecule has 48 heavy (non-hydrogen) atoms. The first-order chi connectivity index (χ1) is 23.1. The van der Waals surface area contributed by atoms with Crippen LogP contribution in [0.3, 0.4) is 0 Å². The number of carbonyl (C=O) groups excluding carboxylic acids is 4. The number of carbonyl (C=O) groups is 5. The SMILES string of the molecule is C[C@]1(C(=O)[C@H](Cc2ccccc2)NC(=O)[C@@H](CC(=O)[C@H](CCC(=O)O)NC(=O)OCc2ccccc2)Cc2c[nH]c3ccccc23)CO1. The number of hydrogen-bond acceptors (Lipinski definition) is 7. The number of aromatic amines is 1. The third kappa shape index (κ3) is 9.16. The quantitative estimate of drug-likeness (QED) is 0.121. The van der Waals surface area contributed by atoms with Crippen molar-refractivity contribution in [2.45, 2.75) is 63.3 Å². The molecule has 2 amide bonds. The number of hydrogen-bond donors (Lipinski definition) is 4. The first-order valence-corrected chi connectivity index (χ1v) is 15.9. The molecule has 0 bridgehead atoms. The molecule has 1 aromatic heterocycles. The largest absolute Gasteiger partial charge is 0.481 e. The molecule has 5 rings (SSSR count). The highest BCUT2D eigenvalue weighted by molar-refractivity contribution is 5.98. The molecule has 11 nitrogen and oxygen atoms in total. The molecule has 0 aliphatic carbocycles. The third-order valence-corrected chi connectivity index (χ3v) is 8.51. The van der Waals surface area contributed by atoms with Crippen molar-refractivity contribution < 1.29 is 38.6 Å². The van der Waals surface area contributed by atoms with Gasteiger partial charge in [-0.3, -0.25) is 19.2 Å². The van der Waals surface area contributed by atoms with Crippen LogP contribution in [0.4, 0.5) is 4.79 Å². The number of nitrogens with one attached hydrogen (secondary N) is 3. The van der Waals surface area contributed by atoms with Crippen LogP contribution in [0, 0.1) is 5.92 Å². The molecule has 11 heteroatoms. The molecule has 1 fully saturated rings. The lowest BCUT2D eigenvalue weighted by molar-refractivity contribution is -0.137. The summed E-state index contributed by atoms with van der Waals surface area (Å²) in [7, 11) is 0. The maximum Gasteiger partial charge on any atom is 0.408 e. The number of H-pyrrole nitrogens is 1. The van der Waals surface area contributed by atoms with Gasteiger partial charge in [-0.2, -0.15) is 0 Å². The van der Waals surface area contributed by atoms with Gasteiger partial charge < -0.3 is 30.2 Å². The van der Waals surface area contributed by atoms with E-state index in [9.17, 15) is 29.1 Å². The van der Waals surface area contributed by atoms with E-state index in [-0.39, 0.29) is 51.1 Å². The van der Waals surface area contributed by atoms with Crippen molar-refractivity contribution in [1.29, 1.82) is 0 Å². The van der Waals surface area contributed by atoms with Crippen LogP contribution in [-0.4, -0.2) is 63.9 Å². The van der Waals surface area contributed by atoms with E-state index < -0.39 is 47.4 Å². The number of aromatic nitrogens is 1. The van der Waals surface area contributed by atoms with Gasteiger partial charge in [-0.1, -0.05) is 78.9 Å². The minimum absolute atomic E-state index is 0.0441. The molecule has 2 heterocycles. The van der Waals surface area contributed by atoms with Gasteiger partial charge in [-0.15, -0.1) is 0 Å². The number of amides is 2. The van der Waals surface area contributed by atoms with E-state index in [0.29, 0.717) is 0 Å². The molecule has 1 aliphatic heterocycles. The average Bonchev–Trinajstić information content (AvgIpc) is 3.72. The summed E-state index contributed by atoms with van der Waals surface area (Å²) in [5.41, 5.74) is 2.23.